The van der Waals surface area contributed by atoms with Gasteiger partial charge < -0.3 is 10.2 Å². The molecule has 4 nitrogen and oxygen atoms in total. The first kappa shape index (κ1) is 28.1. The Labute approximate surface area is 220 Å². The van der Waals surface area contributed by atoms with Crippen molar-refractivity contribution < 1.29 is 14.0 Å². The van der Waals surface area contributed by atoms with Crippen LogP contribution in [0.5, 0.6) is 0 Å². The Kier molecular flexibility index (Phi) is 10.0. The molecule has 2 amide bonds. The molecule has 0 unspecified atom stereocenters. The maximum atomic E-state index is 13.7. The third-order valence-corrected chi connectivity index (χ3v) is 6.53. The van der Waals surface area contributed by atoms with Crippen LogP contribution in [0.25, 0.3) is 0 Å². The van der Waals surface area contributed by atoms with Crippen molar-refractivity contribution in [3.63, 3.8) is 0 Å². The molecule has 3 aromatic rings. The average molecular weight is 503 g/mol. The molecule has 0 radical (unpaired) electrons. The zero-order valence-corrected chi connectivity index (χ0v) is 22.5. The molecule has 0 fully saturated rings. The van der Waals surface area contributed by atoms with Gasteiger partial charge in [-0.25, -0.2) is 4.39 Å². The Morgan fingerprint density at radius 2 is 1.49 bits per heavy atom. The molecule has 5 heteroatoms. The molecular weight excluding hydrogens is 463 g/mol. The Bertz CT molecular complexity index is 1140. The lowest BCUT2D eigenvalue weighted by molar-refractivity contribution is -0.141. The second-order valence-corrected chi connectivity index (χ2v) is 10.6. The monoisotopic (exact) mass is 502 g/mol. The minimum Gasteiger partial charge on any atom is -0.354 e. The highest BCUT2D eigenvalue weighted by Crippen LogP contribution is 2.23. The molecule has 0 aliphatic rings. The van der Waals surface area contributed by atoms with E-state index >= 15 is 0 Å². The fourth-order valence-electron chi connectivity index (χ4n) is 4.27. The fraction of sp³-hybridized carbons (Fsp3) is 0.375. The maximum absolute atomic E-state index is 13.7. The summed E-state index contributed by atoms with van der Waals surface area (Å²) in [7, 11) is 0. The summed E-state index contributed by atoms with van der Waals surface area (Å²) in [4.78, 5) is 28.7. The van der Waals surface area contributed by atoms with Crippen molar-refractivity contribution in [2.75, 3.05) is 6.54 Å². The lowest BCUT2D eigenvalue weighted by Crippen LogP contribution is -2.50. The predicted molar refractivity (Wildman–Crippen MR) is 148 cm³/mol. The van der Waals surface area contributed by atoms with Gasteiger partial charge in [-0.3, -0.25) is 9.59 Å². The normalized spacial score (nSPS) is 12.1. The molecule has 3 aromatic carbocycles. The first-order valence-electron chi connectivity index (χ1n) is 13.1. The topological polar surface area (TPSA) is 49.4 Å². The molecule has 0 bridgehead atoms. The van der Waals surface area contributed by atoms with Crippen LogP contribution >= 0.6 is 0 Å². The van der Waals surface area contributed by atoms with Crippen LogP contribution in [0, 0.1) is 5.82 Å². The first-order chi connectivity index (χ1) is 17.7. The van der Waals surface area contributed by atoms with E-state index in [1.54, 1.807) is 17.0 Å². The molecule has 0 aromatic heterocycles. The van der Waals surface area contributed by atoms with E-state index in [1.165, 1.54) is 17.7 Å². The summed E-state index contributed by atoms with van der Waals surface area (Å²) >= 11 is 0. The Morgan fingerprint density at radius 1 is 0.865 bits per heavy atom. The number of carbonyl (C=O) groups excluding carboxylic acids is 2. The summed E-state index contributed by atoms with van der Waals surface area (Å²) in [6.07, 6.45) is 2.07. The van der Waals surface area contributed by atoms with Crippen LogP contribution in [0.1, 0.15) is 62.8 Å². The third kappa shape index (κ3) is 8.56. The molecule has 1 N–H and O–H groups in total. The number of hydrogen-bond acceptors (Lipinski definition) is 2. The third-order valence-electron chi connectivity index (χ3n) is 6.53. The second-order valence-electron chi connectivity index (χ2n) is 10.6. The van der Waals surface area contributed by atoms with Gasteiger partial charge in [-0.15, -0.1) is 0 Å². The minimum absolute atomic E-state index is 0.0663. The molecule has 1 atom stereocenters. The molecular formula is C32H39FN2O2. The molecule has 0 spiro atoms. The summed E-state index contributed by atoms with van der Waals surface area (Å²) in [5, 5.41) is 2.98. The van der Waals surface area contributed by atoms with Crippen LogP contribution in [0.4, 0.5) is 4.39 Å². The number of benzene rings is 3. The van der Waals surface area contributed by atoms with E-state index in [2.05, 4.69) is 50.4 Å². The van der Waals surface area contributed by atoms with Crippen LogP contribution in [-0.2, 0) is 34.4 Å². The molecule has 0 saturated heterocycles. The van der Waals surface area contributed by atoms with Crippen molar-refractivity contribution in [3.05, 3.63) is 107 Å². The summed E-state index contributed by atoms with van der Waals surface area (Å²) < 4.78 is 13.6. The zero-order valence-electron chi connectivity index (χ0n) is 22.5. The van der Waals surface area contributed by atoms with Crippen LogP contribution < -0.4 is 5.32 Å². The summed E-state index contributed by atoms with van der Waals surface area (Å²) in [6, 6.07) is 23.6. The zero-order chi connectivity index (χ0) is 26.8. The number of carbonyl (C=O) groups is 2. The Hall–Kier alpha value is -3.47. The SMILES string of the molecule is CCCNC(=O)[C@@H](Cc1ccccc1)N(Cc1ccc(F)cc1)C(=O)CCc1ccc(C(C)(C)C)cc1. The molecule has 0 aliphatic heterocycles. The highest BCUT2D eigenvalue weighted by atomic mass is 19.1. The molecule has 0 saturated carbocycles. The number of aryl methyl sites for hydroxylation is 1. The smallest absolute Gasteiger partial charge is 0.243 e. The van der Waals surface area contributed by atoms with Gasteiger partial charge in [-0.1, -0.05) is 94.4 Å². The summed E-state index contributed by atoms with van der Waals surface area (Å²) in [5.74, 6) is -0.602. The number of hydrogen-bond donors (Lipinski definition) is 1. The van der Waals surface area contributed by atoms with Gasteiger partial charge in [0.2, 0.25) is 11.8 Å². The van der Waals surface area contributed by atoms with Gasteiger partial charge in [0.1, 0.15) is 11.9 Å². The maximum Gasteiger partial charge on any atom is 0.243 e. The molecule has 3 rings (SSSR count). The largest absolute Gasteiger partial charge is 0.354 e. The summed E-state index contributed by atoms with van der Waals surface area (Å²) in [5.41, 5.74) is 4.16. The molecule has 0 heterocycles. The van der Waals surface area contributed by atoms with Crippen molar-refractivity contribution in [1.29, 1.82) is 0 Å². The Balaban J connectivity index is 1.85. The first-order valence-corrected chi connectivity index (χ1v) is 13.1. The van der Waals surface area contributed by atoms with E-state index < -0.39 is 6.04 Å². The van der Waals surface area contributed by atoms with Gasteiger partial charge in [-0.05, 0) is 52.6 Å². The van der Waals surface area contributed by atoms with Crippen LogP contribution in [0.15, 0.2) is 78.9 Å². The van der Waals surface area contributed by atoms with Crippen LogP contribution in [-0.4, -0.2) is 29.3 Å². The molecule has 196 valence electrons. The van der Waals surface area contributed by atoms with Gasteiger partial charge in [0.05, 0.1) is 0 Å². The number of amides is 2. The predicted octanol–water partition coefficient (Wildman–Crippen LogP) is 6.22. The van der Waals surface area contributed by atoms with Crippen molar-refractivity contribution >= 4 is 11.8 Å². The van der Waals surface area contributed by atoms with E-state index in [-0.39, 0.29) is 36.0 Å². The van der Waals surface area contributed by atoms with Gasteiger partial charge in [0.25, 0.3) is 0 Å². The fourth-order valence-corrected chi connectivity index (χ4v) is 4.27. The van der Waals surface area contributed by atoms with E-state index in [9.17, 15) is 14.0 Å². The van der Waals surface area contributed by atoms with Crippen molar-refractivity contribution in [3.8, 4) is 0 Å². The highest BCUT2D eigenvalue weighted by Gasteiger charge is 2.30. The quantitative estimate of drug-likeness (QED) is 0.338. The van der Waals surface area contributed by atoms with Gasteiger partial charge in [0.15, 0.2) is 0 Å². The summed E-state index contributed by atoms with van der Waals surface area (Å²) in [6.45, 7) is 9.31. The number of nitrogens with one attached hydrogen (secondary N) is 1. The number of rotatable bonds is 11. The lowest BCUT2D eigenvalue weighted by Gasteiger charge is -2.31. The van der Waals surface area contributed by atoms with E-state index in [0.717, 1.165) is 23.1 Å². The van der Waals surface area contributed by atoms with Gasteiger partial charge >= 0.3 is 0 Å². The molecule has 37 heavy (non-hydrogen) atoms. The van der Waals surface area contributed by atoms with Gasteiger partial charge in [-0.2, -0.15) is 0 Å². The van der Waals surface area contributed by atoms with Crippen LogP contribution in [0.2, 0.25) is 0 Å². The van der Waals surface area contributed by atoms with Crippen molar-refractivity contribution in [2.24, 2.45) is 0 Å². The highest BCUT2D eigenvalue weighted by molar-refractivity contribution is 5.88. The minimum atomic E-state index is -0.672. The van der Waals surface area contributed by atoms with E-state index in [4.69, 9.17) is 0 Å². The number of nitrogens with zero attached hydrogens (tertiary/aromatic N) is 1. The average Bonchev–Trinajstić information content (AvgIpc) is 2.89. The van der Waals surface area contributed by atoms with Crippen molar-refractivity contribution in [1.82, 2.24) is 10.2 Å². The second kappa shape index (κ2) is 13.2. The van der Waals surface area contributed by atoms with Crippen molar-refractivity contribution in [2.45, 2.75) is 71.4 Å². The Morgan fingerprint density at radius 3 is 2.08 bits per heavy atom. The van der Waals surface area contributed by atoms with E-state index in [0.29, 0.717) is 19.4 Å². The van der Waals surface area contributed by atoms with Gasteiger partial charge in [0, 0.05) is 25.9 Å². The molecule has 0 aliphatic carbocycles. The number of halogens is 1. The van der Waals surface area contributed by atoms with Crippen LogP contribution in [0.3, 0.4) is 0 Å². The lowest BCUT2D eigenvalue weighted by atomic mass is 9.86. The van der Waals surface area contributed by atoms with E-state index in [1.807, 2.05) is 37.3 Å². The standard InChI is InChI=1S/C32H39FN2O2/c1-5-21-34-31(37)29(22-25-9-7-6-8-10-25)35(23-26-13-18-28(33)19-14-26)30(36)20-15-24-11-16-27(17-12-24)32(2,3)4/h6-14,16-19,29H,5,15,20-23H2,1-4H3,(H,34,37)/t29-/m1/s1.